The molecular weight excluding hydrogens is 330 g/mol. The molecule has 1 heterocycles. The van der Waals surface area contributed by atoms with Gasteiger partial charge in [0.15, 0.2) is 5.17 Å². The number of thioether (sulfide) groups is 1. The molecule has 1 saturated carbocycles. The lowest BCUT2D eigenvalue weighted by Gasteiger charge is -2.22. The van der Waals surface area contributed by atoms with Crippen LogP contribution < -0.4 is 10.6 Å². The highest BCUT2D eigenvalue weighted by Crippen LogP contribution is 2.36. The maximum atomic E-state index is 12.1. The molecule has 4 rings (SSSR count). The number of nitrogens with one attached hydrogen (secondary N) is 2. The van der Waals surface area contributed by atoms with E-state index in [1.54, 1.807) is 0 Å². The average molecular weight is 353 g/mol. The van der Waals surface area contributed by atoms with Gasteiger partial charge in [-0.25, -0.2) is 4.99 Å². The van der Waals surface area contributed by atoms with Crippen LogP contribution in [0.3, 0.4) is 0 Å². The minimum absolute atomic E-state index is 0.0946. The lowest BCUT2D eigenvalue weighted by atomic mass is 9.89. The summed E-state index contributed by atoms with van der Waals surface area (Å²) in [6.45, 7) is 0.821. The van der Waals surface area contributed by atoms with Crippen molar-refractivity contribution in [3.05, 3.63) is 36.4 Å². The van der Waals surface area contributed by atoms with Crippen LogP contribution in [0, 0.1) is 5.92 Å². The van der Waals surface area contributed by atoms with Gasteiger partial charge in [-0.05, 0) is 36.3 Å². The first-order valence-corrected chi connectivity index (χ1v) is 10.0. The first-order chi connectivity index (χ1) is 12.3. The molecule has 4 nitrogen and oxygen atoms in total. The summed E-state index contributed by atoms with van der Waals surface area (Å²) in [6.07, 6.45) is 6.47. The molecule has 1 fully saturated rings. The topological polar surface area (TPSA) is 53.5 Å². The SMILES string of the molecule is O=C(CSC1=Nc2cccc3cccc(c23)N1)NCC1CCCCC1. The first kappa shape index (κ1) is 16.5. The maximum absolute atomic E-state index is 12.1. The van der Waals surface area contributed by atoms with Crippen LogP contribution in [0.25, 0.3) is 10.8 Å². The van der Waals surface area contributed by atoms with Gasteiger partial charge in [-0.1, -0.05) is 55.3 Å². The van der Waals surface area contributed by atoms with E-state index in [1.165, 1.54) is 49.3 Å². The minimum atomic E-state index is 0.0946. The van der Waals surface area contributed by atoms with Gasteiger partial charge in [-0.15, -0.1) is 0 Å². The van der Waals surface area contributed by atoms with Gasteiger partial charge in [0.25, 0.3) is 0 Å². The van der Waals surface area contributed by atoms with Gasteiger partial charge in [0.05, 0.1) is 17.1 Å². The van der Waals surface area contributed by atoms with Gasteiger partial charge in [0.2, 0.25) is 5.91 Å². The fourth-order valence-corrected chi connectivity index (χ4v) is 4.39. The quantitative estimate of drug-likeness (QED) is 0.839. The summed E-state index contributed by atoms with van der Waals surface area (Å²) in [5.41, 5.74) is 2.03. The smallest absolute Gasteiger partial charge is 0.230 e. The number of hydrogen-bond acceptors (Lipinski definition) is 4. The Balaban J connectivity index is 1.35. The number of anilines is 1. The van der Waals surface area contributed by atoms with Crippen LogP contribution in [0.4, 0.5) is 11.4 Å². The molecule has 2 aliphatic rings. The largest absolute Gasteiger partial charge is 0.355 e. The van der Waals surface area contributed by atoms with Gasteiger partial charge in [-0.3, -0.25) is 4.79 Å². The highest BCUT2D eigenvalue weighted by Gasteiger charge is 2.17. The van der Waals surface area contributed by atoms with E-state index in [0.29, 0.717) is 11.7 Å². The Hall–Kier alpha value is -2.01. The molecule has 0 spiro atoms. The third-order valence-electron chi connectivity index (χ3n) is 5.00. The minimum Gasteiger partial charge on any atom is -0.355 e. The van der Waals surface area contributed by atoms with Crippen molar-refractivity contribution in [3.8, 4) is 0 Å². The second kappa shape index (κ2) is 7.48. The number of nitrogens with zero attached hydrogens (tertiary/aromatic N) is 1. The lowest BCUT2D eigenvalue weighted by Crippen LogP contribution is -2.32. The normalized spacial score (nSPS) is 17.0. The third-order valence-corrected chi connectivity index (χ3v) is 5.87. The van der Waals surface area contributed by atoms with E-state index < -0.39 is 0 Å². The molecule has 2 aromatic carbocycles. The van der Waals surface area contributed by atoms with Crippen LogP contribution in [0.1, 0.15) is 32.1 Å². The van der Waals surface area contributed by atoms with Crippen LogP contribution in [0.2, 0.25) is 0 Å². The van der Waals surface area contributed by atoms with Crippen LogP contribution >= 0.6 is 11.8 Å². The Kier molecular flexibility index (Phi) is 4.92. The number of rotatable bonds is 4. The van der Waals surface area contributed by atoms with Crippen molar-refractivity contribution in [2.45, 2.75) is 32.1 Å². The summed E-state index contributed by atoms with van der Waals surface area (Å²) in [4.78, 5) is 16.8. The molecule has 1 amide bonds. The number of carbonyl (C=O) groups is 1. The summed E-state index contributed by atoms with van der Waals surface area (Å²) < 4.78 is 0. The molecule has 25 heavy (non-hydrogen) atoms. The molecule has 0 bridgehead atoms. The van der Waals surface area contributed by atoms with Crippen molar-refractivity contribution in [2.24, 2.45) is 10.9 Å². The third kappa shape index (κ3) is 3.82. The summed E-state index contributed by atoms with van der Waals surface area (Å²) >= 11 is 1.47. The second-order valence-corrected chi connectivity index (χ2v) is 7.78. The van der Waals surface area contributed by atoms with Crippen molar-refractivity contribution < 1.29 is 4.79 Å². The summed E-state index contributed by atoms with van der Waals surface area (Å²) in [5, 5.41) is 9.56. The van der Waals surface area contributed by atoms with E-state index in [1.807, 2.05) is 18.2 Å². The molecule has 1 aliphatic carbocycles. The highest BCUT2D eigenvalue weighted by molar-refractivity contribution is 8.14. The maximum Gasteiger partial charge on any atom is 0.230 e. The van der Waals surface area contributed by atoms with Crippen LogP contribution in [0.5, 0.6) is 0 Å². The Morgan fingerprint density at radius 2 is 1.96 bits per heavy atom. The number of amides is 1. The lowest BCUT2D eigenvalue weighted by molar-refractivity contribution is -0.118. The molecule has 0 atom stereocenters. The molecule has 0 aromatic heterocycles. The van der Waals surface area contributed by atoms with Crippen molar-refractivity contribution in [1.29, 1.82) is 0 Å². The van der Waals surface area contributed by atoms with E-state index in [9.17, 15) is 4.79 Å². The van der Waals surface area contributed by atoms with Crippen LogP contribution in [-0.2, 0) is 4.79 Å². The fourth-order valence-electron chi connectivity index (χ4n) is 3.67. The first-order valence-electron chi connectivity index (χ1n) is 9.06. The van der Waals surface area contributed by atoms with Crippen LogP contribution in [0.15, 0.2) is 41.4 Å². The zero-order valence-electron chi connectivity index (χ0n) is 14.3. The van der Waals surface area contributed by atoms with Gasteiger partial charge in [0.1, 0.15) is 0 Å². The van der Waals surface area contributed by atoms with E-state index >= 15 is 0 Å². The number of benzene rings is 2. The van der Waals surface area contributed by atoms with Gasteiger partial charge < -0.3 is 10.6 Å². The molecular formula is C20H23N3OS. The summed E-state index contributed by atoms with van der Waals surface area (Å²) in [6, 6.07) is 12.3. The molecule has 1 aliphatic heterocycles. The number of carbonyl (C=O) groups excluding carboxylic acids is 1. The zero-order chi connectivity index (χ0) is 17.1. The van der Waals surface area contributed by atoms with E-state index in [0.717, 1.165) is 28.5 Å². The van der Waals surface area contributed by atoms with E-state index in [-0.39, 0.29) is 5.91 Å². The van der Waals surface area contributed by atoms with Gasteiger partial charge in [-0.2, -0.15) is 0 Å². The van der Waals surface area contributed by atoms with Crippen molar-refractivity contribution in [2.75, 3.05) is 17.6 Å². The van der Waals surface area contributed by atoms with Crippen molar-refractivity contribution >= 4 is 45.0 Å². The number of hydrogen-bond donors (Lipinski definition) is 2. The summed E-state index contributed by atoms with van der Waals surface area (Å²) in [5.74, 6) is 1.16. The fraction of sp³-hybridized carbons (Fsp3) is 0.400. The molecule has 2 aromatic rings. The molecule has 0 saturated heterocycles. The monoisotopic (exact) mass is 353 g/mol. The Labute approximate surface area is 152 Å². The number of aliphatic imine (C=N–C) groups is 1. The van der Waals surface area contributed by atoms with E-state index in [2.05, 4.69) is 33.8 Å². The summed E-state index contributed by atoms with van der Waals surface area (Å²) in [7, 11) is 0. The number of amidine groups is 1. The van der Waals surface area contributed by atoms with Gasteiger partial charge in [0, 0.05) is 11.9 Å². The molecule has 0 radical (unpaired) electrons. The second-order valence-electron chi connectivity index (χ2n) is 6.82. The predicted molar refractivity (Wildman–Crippen MR) is 107 cm³/mol. The Morgan fingerprint density at radius 1 is 1.16 bits per heavy atom. The molecule has 5 heteroatoms. The predicted octanol–water partition coefficient (Wildman–Crippen LogP) is 4.68. The molecule has 2 N–H and O–H groups in total. The standard InChI is InChI=1S/C20H23N3OS/c24-18(21-12-14-6-2-1-3-7-14)13-25-20-22-16-10-4-8-15-9-5-11-17(23-20)19(15)16/h4-5,8-11,14H,1-3,6-7,12-13H2,(H,21,24)(H,22,23). The Morgan fingerprint density at radius 3 is 2.80 bits per heavy atom. The van der Waals surface area contributed by atoms with E-state index in [4.69, 9.17) is 0 Å². The molecule has 0 unspecified atom stereocenters. The van der Waals surface area contributed by atoms with Crippen LogP contribution in [-0.4, -0.2) is 23.4 Å². The van der Waals surface area contributed by atoms with Gasteiger partial charge >= 0.3 is 0 Å². The average Bonchev–Trinajstić information content (AvgIpc) is 2.66. The zero-order valence-corrected chi connectivity index (χ0v) is 15.1. The van der Waals surface area contributed by atoms with Crippen molar-refractivity contribution in [3.63, 3.8) is 0 Å². The van der Waals surface area contributed by atoms with Crippen molar-refractivity contribution in [1.82, 2.24) is 5.32 Å². The highest BCUT2D eigenvalue weighted by atomic mass is 32.2. The molecule has 130 valence electrons. The Bertz CT molecular complexity index is 806.